The highest BCUT2D eigenvalue weighted by molar-refractivity contribution is 7.13. The first-order chi connectivity index (χ1) is 11.2. The second-order valence-corrected chi connectivity index (χ2v) is 5.49. The number of para-hydroxylation sites is 1. The molecule has 3 N–H and O–H groups in total. The number of benzene rings is 1. The van der Waals surface area contributed by atoms with E-state index >= 15 is 0 Å². The van der Waals surface area contributed by atoms with Crippen LogP contribution >= 0.6 is 11.3 Å². The molecule has 0 aliphatic heterocycles. The molecule has 0 radical (unpaired) electrons. The largest absolute Gasteiger partial charge is 0.383 e. The van der Waals surface area contributed by atoms with Crippen LogP contribution < -0.4 is 16.0 Å². The maximum atomic E-state index is 12.0. The Labute approximate surface area is 137 Å². The molecule has 9 heteroatoms. The SMILES string of the molecule is COCCNC(=O)NCc1nnc(C(=O)Nc2ccccc2)s1. The van der Waals surface area contributed by atoms with Crippen LogP contribution in [0.3, 0.4) is 0 Å². The van der Waals surface area contributed by atoms with Gasteiger partial charge in [-0.15, -0.1) is 10.2 Å². The number of methoxy groups -OCH3 is 1. The molecule has 0 spiro atoms. The second kappa shape index (κ2) is 8.81. The third-order valence-electron chi connectivity index (χ3n) is 2.68. The number of hydrogen-bond acceptors (Lipinski definition) is 6. The van der Waals surface area contributed by atoms with Crippen LogP contribution in [0.1, 0.15) is 14.8 Å². The van der Waals surface area contributed by atoms with Gasteiger partial charge in [-0.05, 0) is 12.1 Å². The Kier molecular flexibility index (Phi) is 6.45. The first-order valence-corrected chi connectivity index (χ1v) is 7.70. The smallest absolute Gasteiger partial charge is 0.315 e. The molecule has 2 rings (SSSR count). The average Bonchev–Trinajstić information content (AvgIpc) is 3.03. The van der Waals surface area contributed by atoms with Crippen LogP contribution in [0.2, 0.25) is 0 Å². The summed E-state index contributed by atoms with van der Waals surface area (Å²) < 4.78 is 4.83. The topological polar surface area (TPSA) is 105 Å². The summed E-state index contributed by atoms with van der Waals surface area (Å²) in [6, 6.07) is 8.76. The zero-order valence-electron chi connectivity index (χ0n) is 12.5. The van der Waals surface area contributed by atoms with E-state index in [2.05, 4.69) is 26.1 Å². The van der Waals surface area contributed by atoms with Gasteiger partial charge in [0.25, 0.3) is 5.91 Å². The molecule has 1 aromatic heterocycles. The minimum Gasteiger partial charge on any atom is -0.383 e. The van der Waals surface area contributed by atoms with Crippen molar-refractivity contribution in [3.05, 3.63) is 40.3 Å². The molecule has 23 heavy (non-hydrogen) atoms. The van der Waals surface area contributed by atoms with Crippen molar-refractivity contribution in [3.63, 3.8) is 0 Å². The zero-order chi connectivity index (χ0) is 16.5. The van der Waals surface area contributed by atoms with Gasteiger partial charge in [-0.3, -0.25) is 4.79 Å². The third kappa shape index (κ3) is 5.64. The number of amides is 3. The van der Waals surface area contributed by atoms with Crippen LogP contribution in [0, 0.1) is 0 Å². The van der Waals surface area contributed by atoms with E-state index in [0.29, 0.717) is 23.8 Å². The minimum absolute atomic E-state index is 0.203. The van der Waals surface area contributed by atoms with E-state index in [1.807, 2.05) is 18.2 Å². The maximum absolute atomic E-state index is 12.0. The average molecular weight is 335 g/mol. The summed E-state index contributed by atoms with van der Waals surface area (Å²) in [5, 5.41) is 16.5. The van der Waals surface area contributed by atoms with Crippen molar-refractivity contribution in [3.8, 4) is 0 Å². The number of carbonyl (C=O) groups is 2. The standard InChI is InChI=1S/C14H17N5O3S/c1-22-8-7-15-14(21)16-9-11-18-19-13(23-11)12(20)17-10-5-3-2-4-6-10/h2-6H,7-9H2,1H3,(H,17,20)(H2,15,16,21). The van der Waals surface area contributed by atoms with Crippen LogP contribution in [0.4, 0.5) is 10.5 Å². The molecule has 8 nitrogen and oxygen atoms in total. The lowest BCUT2D eigenvalue weighted by Crippen LogP contribution is -2.36. The Balaban J connectivity index is 1.81. The highest BCUT2D eigenvalue weighted by Gasteiger charge is 2.13. The molecule has 3 amide bonds. The molecule has 122 valence electrons. The fourth-order valence-electron chi connectivity index (χ4n) is 1.61. The number of anilines is 1. The van der Waals surface area contributed by atoms with Crippen molar-refractivity contribution in [1.29, 1.82) is 0 Å². The van der Waals surface area contributed by atoms with Crippen LogP contribution in [0.15, 0.2) is 30.3 Å². The van der Waals surface area contributed by atoms with Gasteiger partial charge < -0.3 is 20.7 Å². The first kappa shape index (κ1) is 16.8. The van der Waals surface area contributed by atoms with Crippen molar-refractivity contribution in [2.75, 3.05) is 25.6 Å². The summed E-state index contributed by atoms with van der Waals surface area (Å²) in [5.74, 6) is -0.329. The van der Waals surface area contributed by atoms with Crippen molar-refractivity contribution < 1.29 is 14.3 Å². The molecule has 0 saturated heterocycles. The molecule has 0 atom stereocenters. The molecule has 0 fully saturated rings. The normalized spacial score (nSPS) is 10.1. The molecule has 0 aliphatic carbocycles. The molecule has 0 aliphatic rings. The van der Waals surface area contributed by atoms with E-state index in [0.717, 1.165) is 11.3 Å². The molecule has 0 bridgehead atoms. The third-order valence-corrected chi connectivity index (χ3v) is 3.61. The Morgan fingerprint density at radius 3 is 2.70 bits per heavy atom. The number of aromatic nitrogens is 2. The molecule has 0 saturated carbocycles. The summed E-state index contributed by atoms with van der Waals surface area (Å²) >= 11 is 1.13. The summed E-state index contributed by atoms with van der Waals surface area (Å²) in [7, 11) is 1.56. The lowest BCUT2D eigenvalue weighted by atomic mass is 10.3. The molecular weight excluding hydrogens is 318 g/mol. The number of carbonyl (C=O) groups excluding carboxylic acids is 2. The number of nitrogens with one attached hydrogen (secondary N) is 3. The number of hydrogen-bond donors (Lipinski definition) is 3. The van der Waals surface area contributed by atoms with Crippen LogP contribution in [0.5, 0.6) is 0 Å². The van der Waals surface area contributed by atoms with Gasteiger partial charge in [0.15, 0.2) is 0 Å². The van der Waals surface area contributed by atoms with Gasteiger partial charge >= 0.3 is 6.03 Å². The number of nitrogens with zero attached hydrogens (tertiary/aromatic N) is 2. The van der Waals surface area contributed by atoms with Crippen molar-refractivity contribution in [2.45, 2.75) is 6.54 Å². The number of urea groups is 1. The highest BCUT2D eigenvalue weighted by atomic mass is 32.1. The van der Waals surface area contributed by atoms with E-state index in [-0.39, 0.29) is 23.5 Å². The summed E-state index contributed by atoms with van der Waals surface area (Å²) in [4.78, 5) is 23.5. The van der Waals surface area contributed by atoms with Crippen LogP contribution in [-0.2, 0) is 11.3 Å². The van der Waals surface area contributed by atoms with Crippen molar-refractivity contribution in [1.82, 2.24) is 20.8 Å². The van der Waals surface area contributed by atoms with E-state index in [1.165, 1.54) is 0 Å². The van der Waals surface area contributed by atoms with Crippen molar-refractivity contribution in [2.24, 2.45) is 0 Å². The zero-order valence-corrected chi connectivity index (χ0v) is 13.4. The van der Waals surface area contributed by atoms with Gasteiger partial charge in [-0.2, -0.15) is 0 Å². The van der Waals surface area contributed by atoms with Gasteiger partial charge in [0.1, 0.15) is 5.01 Å². The van der Waals surface area contributed by atoms with Gasteiger partial charge in [0.2, 0.25) is 5.01 Å². The predicted molar refractivity (Wildman–Crippen MR) is 86.4 cm³/mol. The van der Waals surface area contributed by atoms with E-state index in [4.69, 9.17) is 4.74 Å². The Morgan fingerprint density at radius 2 is 1.96 bits per heavy atom. The predicted octanol–water partition coefficient (Wildman–Crippen LogP) is 1.24. The van der Waals surface area contributed by atoms with Gasteiger partial charge in [0, 0.05) is 19.3 Å². The van der Waals surface area contributed by atoms with E-state index in [9.17, 15) is 9.59 Å². The first-order valence-electron chi connectivity index (χ1n) is 6.88. The number of rotatable bonds is 7. The van der Waals surface area contributed by atoms with Crippen LogP contribution in [-0.4, -0.2) is 42.4 Å². The lowest BCUT2D eigenvalue weighted by molar-refractivity contribution is 0.102. The Morgan fingerprint density at radius 1 is 1.17 bits per heavy atom. The number of ether oxygens (including phenoxy) is 1. The minimum atomic E-state index is -0.329. The monoisotopic (exact) mass is 335 g/mol. The van der Waals surface area contributed by atoms with Crippen LogP contribution in [0.25, 0.3) is 0 Å². The lowest BCUT2D eigenvalue weighted by Gasteiger charge is -2.04. The maximum Gasteiger partial charge on any atom is 0.315 e. The fourth-order valence-corrected chi connectivity index (χ4v) is 2.28. The van der Waals surface area contributed by atoms with E-state index in [1.54, 1.807) is 19.2 Å². The summed E-state index contributed by atoms with van der Waals surface area (Å²) in [6.07, 6.45) is 0. The van der Waals surface area contributed by atoms with E-state index < -0.39 is 0 Å². The Hall–Kier alpha value is -2.52. The fraction of sp³-hybridized carbons (Fsp3) is 0.286. The molecule has 0 unspecified atom stereocenters. The van der Waals surface area contributed by atoms with Gasteiger partial charge in [-0.25, -0.2) is 4.79 Å². The quantitative estimate of drug-likeness (QED) is 0.660. The Bertz CT molecular complexity index is 647. The molecular formula is C14H17N5O3S. The van der Waals surface area contributed by atoms with Crippen molar-refractivity contribution >= 4 is 29.0 Å². The summed E-state index contributed by atoms with van der Waals surface area (Å²) in [6.45, 7) is 1.06. The summed E-state index contributed by atoms with van der Waals surface area (Å²) in [5.41, 5.74) is 0.685. The second-order valence-electron chi connectivity index (χ2n) is 4.42. The van der Waals surface area contributed by atoms with Gasteiger partial charge in [-0.1, -0.05) is 29.5 Å². The molecule has 2 aromatic rings. The molecule has 1 heterocycles. The molecule has 1 aromatic carbocycles. The van der Waals surface area contributed by atoms with Gasteiger partial charge in [0.05, 0.1) is 13.2 Å². The highest BCUT2D eigenvalue weighted by Crippen LogP contribution is 2.12.